The van der Waals surface area contributed by atoms with Gasteiger partial charge < -0.3 is 39.3 Å². The highest BCUT2D eigenvalue weighted by molar-refractivity contribution is 5.75. The third-order valence-electron chi connectivity index (χ3n) is 5.63. The summed E-state index contributed by atoms with van der Waals surface area (Å²) in [4.78, 5) is 48.4. The average molecular weight is 556 g/mol. The Bertz CT molecular complexity index is 963. The van der Waals surface area contributed by atoms with Crippen LogP contribution in [0.5, 0.6) is 11.5 Å². The van der Waals surface area contributed by atoms with Crippen LogP contribution in [0.4, 0.5) is 14.4 Å². The van der Waals surface area contributed by atoms with E-state index in [9.17, 15) is 24.3 Å². The number of carbonyl (C=O) groups excluding carboxylic acids is 3. The minimum absolute atomic E-state index is 0.166. The number of nitrogens with two attached hydrogens (primary N) is 1. The summed E-state index contributed by atoms with van der Waals surface area (Å²) in [5.41, 5.74) is 6.38. The van der Waals surface area contributed by atoms with Gasteiger partial charge in [0.1, 0.15) is 12.1 Å². The van der Waals surface area contributed by atoms with Gasteiger partial charge in [-0.05, 0) is 58.7 Å². The molecule has 0 radical (unpaired) electrons. The highest BCUT2D eigenvalue weighted by Crippen LogP contribution is 2.37. The van der Waals surface area contributed by atoms with Crippen molar-refractivity contribution in [2.45, 2.75) is 98.0 Å². The number of benzene rings is 1. The maximum Gasteiger partial charge on any atom is 0.514 e. The van der Waals surface area contributed by atoms with E-state index in [0.29, 0.717) is 12.0 Å². The molecular formula is C27H41NO11. The van der Waals surface area contributed by atoms with Crippen molar-refractivity contribution in [2.24, 2.45) is 11.7 Å². The van der Waals surface area contributed by atoms with Crippen LogP contribution < -0.4 is 15.2 Å². The van der Waals surface area contributed by atoms with Crippen LogP contribution in [0.25, 0.3) is 0 Å². The van der Waals surface area contributed by atoms with Crippen LogP contribution in [0.2, 0.25) is 0 Å². The lowest BCUT2D eigenvalue weighted by molar-refractivity contribution is -0.139. The standard InChI is InChI=1S/C27H41NO11/c1-8-9-10-13-34-25(31)37-18(7)17(6)22(23(28)24(29)30)19-11-12-20(38-26(32)35-15(2)3)21(14-19)39-27(33)36-16(4)5/h11-12,14-18,22-23H,8-10,13,28H2,1-7H3,(H,29,30)/t17?,18?,22?,23-/m0/s1. The molecule has 1 rings (SSSR count). The summed E-state index contributed by atoms with van der Waals surface area (Å²) in [5.74, 6) is -3.25. The van der Waals surface area contributed by atoms with Gasteiger partial charge in [0.15, 0.2) is 11.5 Å². The van der Waals surface area contributed by atoms with Crippen LogP contribution in [0.15, 0.2) is 18.2 Å². The first-order valence-electron chi connectivity index (χ1n) is 13.0. The molecule has 0 saturated carbocycles. The van der Waals surface area contributed by atoms with Gasteiger partial charge >= 0.3 is 24.4 Å². The van der Waals surface area contributed by atoms with Crippen LogP contribution in [-0.4, -0.2) is 60.5 Å². The van der Waals surface area contributed by atoms with Gasteiger partial charge in [0.2, 0.25) is 0 Å². The molecule has 0 aliphatic carbocycles. The van der Waals surface area contributed by atoms with Gasteiger partial charge in [-0.3, -0.25) is 4.79 Å². The fraction of sp³-hybridized carbons (Fsp3) is 0.630. The van der Waals surface area contributed by atoms with E-state index >= 15 is 0 Å². The van der Waals surface area contributed by atoms with E-state index in [2.05, 4.69) is 0 Å². The Labute approximate surface area is 229 Å². The molecule has 0 aliphatic heterocycles. The van der Waals surface area contributed by atoms with Crippen molar-refractivity contribution in [3.05, 3.63) is 23.8 Å². The average Bonchev–Trinajstić information content (AvgIpc) is 2.82. The normalized spacial score (nSPS) is 14.1. The van der Waals surface area contributed by atoms with Gasteiger partial charge in [-0.25, -0.2) is 14.4 Å². The van der Waals surface area contributed by atoms with Crippen molar-refractivity contribution in [3.8, 4) is 11.5 Å². The number of carboxylic acids is 1. The van der Waals surface area contributed by atoms with E-state index in [4.69, 9.17) is 34.2 Å². The first kappa shape index (κ1) is 33.5. The van der Waals surface area contributed by atoms with Gasteiger partial charge in [-0.15, -0.1) is 0 Å². The molecule has 220 valence electrons. The summed E-state index contributed by atoms with van der Waals surface area (Å²) < 4.78 is 30.9. The van der Waals surface area contributed by atoms with Gasteiger partial charge in [0.25, 0.3) is 0 Å². The van der Waals surface area contributed by atoms with Crippen LogP contribution in [0, 0.1) is 5.92 Å². The number of hydrogen-bond acceptors (Lipinski definition) is 11. The number of unbranched alkanes of at least 4 members (excludes halogenated alkanes) is 2. The Hall–Kier alpha value is -3.54. The zero-order valence-electron chi connectivity index (χ0n) is 23.6. The van der Waals surface area contributed by atoms with E-state index < -0.39 is 60.6 Å². The molecule has 0 aliphatic rings. The number of aliphatic carboxylic acids is 1. The van der Waals surface area contributed by atoms with Crippen molar-refractivity contribution < 1.29 is 52.7 Å². The molecule has 0 heterocycles. The molecule has 1 aromatic rings. The molecular weight excluding hydrogens is 514 g/mol. The number of carbonyl (C=O) groups is 4. The summed E-state index contributed by atoms with van der Waals surface area (Å²) >= 11 is 0. The molecule has 0 amide bonds. The van der Waals surface area contributed by atoms with Crippen LogP contribution in [0.1, 0.15) is 79.2 Å². The second-order valence-corrected chi connectivity index (χ2v) is 9.62. The second-order valence-electron chi connectivity index (χ2n) is 9.62. The summed E-state index contributed by atoms with van der Waals surface area (Å²) in [6, 6.07) is 2.67. The fourth-order valence-corrected chi connectivity index (χ4v) is 3.59. The number of carboxylic acid groups (broad SMARTS) is 1. The zero-order valence-corrected chi connectivity index (χ0v) is 23.6. The van der Waals surface area contributed by atoms with Crippen LogP contribution in [-0.2, 0) is 23.7 Å². The summed E-state index contributed by atoms with van der Waals surface area (Å²) in [5, 5.41) is 9.72. The molecule has 0 aromatic heterocycles. The van der Waals surface area contributed by atoms with Crippen molar-refractivity contribution in [3.63, 3.8) is 0 Å². The minimum atomic E-state index is -1.43. The minimum Gasteiger partial charge on any atom is -0.480 e. The van der Waals surface area contributed by atoms with E-state index in [1.54, 1.807) is 41.5 Å². The highest BCUT2D eigenvalue weighted by atomic mass is 16.8. The summed E-state index contributed by atoms with van der Waals surface area (Å²) in [6.07, 6.45) is -2.18. The van der Waals surface area contributed by atoms with Gasteiger partial charge in [-0.2, -0.15) is 0 Å². The summed E-state index contributed by atoms with van der Waals surface area (Å²) in [6.45, 7) is 12.0. The SMILES string of the molecule is CCCCCOC(=O)OC(C)C(C)C(c1ccc(OC(=O)OC(C)C)c(OC(=O)OC(C)C)c1)[C@H](N)C(=O)O. The third-order valence-corrected chi connectivity index (χ3v) is 5.63. The van der Waals surface area contributed by atoms with E-state index in [1.165, 1.54) is 18.2 Å². The molecule has 3 N–H and O–H groups in total. The quantitative estimate of drug-likeness (QED) is 0.130. The topological polar surface area (TPSA) is 170 Å². The largest absolute Gasteiger partial charge is 0.514 e. The molecule has 1 aromatic carbocycles. The lowest BCUT2D eigenvalue weighted by Gasteiger charge is -2.31. The Morgan fingerprint density at radius 3 is 1.90 bits per heavy atom. The van der Waals surface area contributed by atoms with Crippen molar-refractivity contribution >= 4 is 24.4 Å². The van der Waals surface area contributed by atoms with E-state index in [1.807, 2.05) is 6.92 Å². The van der Waals surface area contributed by atoms with Crippen LogP contribution >= 0.6 is 0 Å². The van der Waals surface area contributed by atoms with Crippen molar-refractivity contribution in [2.75, 3.05) is 6.61 Å². The van der Waals surface area contributed by atoms with Crippen molar-refractivity contribution in [1.29, 1.82) is 0 Å². The first-order chi connectivity index (χ1) is 18.3. The maximum absolute atomic E-state index is 12.2. The van der Waals surface area contributed by atoms with Crippen molar-refractivity contribution in [1.82, 2.24) is 0 Å². The molecule has 0 saturated heterocycles. The molecule has 3 unspecified atom stereocenters. The van der Waals surface area contributed by atoms with E-state index in [-0.39, 0.29) is 18.1 Å². The Kier molecular flexibility index (Phi) is 14.1. The lowest BCUT2D eigenvalue weighted by atomic mass is 9.79. The van der Waals surface area contributed by atoms with E-state index in [0.717, 1.165) is 12.8 Å². The monoisotopic (exact) mass is 555 g/mol. The lowest BCUT2D eigenvalue weighted by Crippen LogP contribution is -2.42. The molecule has 0 spiro atoms. The predicted molar refractivity (Wildman–Crippen MR) is 140 cm³/mol. The van der Waals surface area contributed by atoms with Gasteiger partial charge in [-0.1, -0.05) is 32.8 Å². The van der Waals surface area contributed by atoms with Gasteiger partial charge in [0.05, 0.1) is 18.8 Å². The fourth-order valence-electron chi connectivity index (χ4n) is 3.59. The summed E-state index contributed by atoms with van der Waals surface area (Å²) in [7, 11) is 0. The number of ether oxygens (including phenoxy) is 6. The Balaban J connectivity index is 3.32. The first-order valence-corrected chi connectivity index (χ1v) is 13.0. The Morgan fingerprint density at radius 2 is 1.38 bits per heavy atom. The smallest absolute Gasteiger partial charge is 0.480 e. The molecule has 12 heteroatoms. The maximum atomic E-state index is 12.2. The zero-order chi connectivity index (χ0) is 29.7. The Morgan fingerprint density at radius 1 is 0.821 bits per heavy atom. The second kappa shape index (κ2) is 16.4. The molecule has 39 heavy (non-hydrogen) atoms. The van der Waals surface area contributed by atoms with Gasteiger partial charge in [0, 0.05) is 11.8 Å². The number of rotatable bonds is 14. The number of hydrogen-bond donors (Lipinski definition) is 2. The molecule has 0 bridgehead atoms. The third kappa shape index (κ3) is 11.8. The van der Waals surface area contributed by atoms with Crippen LogP contribution in [0.3, 0.4) is 0 Å². The molecule has 12 nitrogen and oxygen atoms in total. The highest BCUT2D eigenvalue weighted by Gasteiger charge is 2.36. The molecule has 0 fully saturated rings. The predicted octanol–water partition coefficient (Wildman–Crippen LogP) is 5.40. The molecule has 4 atom stereocenters.